The van der Waals surface area contributed by atoms with Crippen LogP contribution in [-0.4, -0.2) is 5.11 Å². The third kappa shape index (κ3) is 1.85. The first kappa shape index (κ1) is 9.86. The molecule has 3 rings (SSSR count). The second kappa shape index (κ2) is 3.91. The molecule has 2 aliphatic carbocycles. The average molecular weight is 222 g/mol. The molecule has 2 heteroatoms. The van der Waals surface area contributed by atoms with Crippen molar-refractivity contribution in [3.63, 3.8) is 0 Å². The second-order valence-corrected chi connectivity index (χ2v) is 6.02. The SMILES string of the molecule is OC(CC1CC2CCC1C2)c1ccsc1. The molecular formula is C13H18OS. The Balaban J connectivity index is 1.62. The van der Waals surface area contributed by atoms with Gasteiger partial charge in [-0.25, -0.2) is 0 Å². The molecule has 1 aromatic rings. The molecular weight excluding hydrogens is 204 g/mol. The Morgan fingerprint density at radius 3 is 2.93 bits per heavy atom. The Labute approximate surface area is 95.1 Å². The van der Waals surface area contributed by atoms with Gasteiger partial charge in [0.2, 0.25) is 0 Å². The van der Waals surface area contributed by atoms with Gasteiger partial charge in [0.05, 0.1) is 6.10 Å². The van der Waals surface area contributed by atoms with E-state index in [9.17, 15) is 5.11 Å². The summed E-state index contributed by atoms with van der Waals surface area (Å²) in [5.74, 6) is 2.73. The van der Waals surface area contributed by atoms with Crippen molar-refractivity contribution in [2.24, 2.45) is 17.8 Å². The lowest BCUT2D eigenvalue weighted by molar-refractivity contribution is 0.126. The van der Waals surface area contributed by atoms with E-state index in [2.05, 4.69) is 16.8 Å². The van der Waals surface area contributed by atoms with Gasteiger partial charge in [0.25, 0.3) is 0 Å². The van der Waals surface area contributed by atoms with Crippen molar-refractivity contribution in [2.45, 2.75) is 38.2 Å². The molecule has 0 spiro atoms. The quantitative estimate of drug-likeness (QED) is 0.828. The zero-order valence-electron chi connectivity index (χ0n) is 8.93. The summed E-state index contributed by atoms with van der Waals surface area (Å²) in [7, 11) is 0. The highest BCUT2D eigenvalue weighted by Crippen LogP contribution is 2.50. The summed E-state index contributed by atoms with van der Waals surface area (Å²) < 4.78 is 0. The Morgan fingerprint density at radius 2 is 2.33 bits per heavy atom. The summed E-state index contributed by atoms with van der Waals surface area (Å²) >= 11 is 1.68. The summed E-state index contributed by atoms with van der Waals surface area (Å²) in [5.41, 5.74) is 1.13. The van der Waals surface area contributed by atoms with Gasteiger partial charge >= 0.3 is 0 Å². The third-order valence-corrected chi connectivity index (χ3v) is 5.04. The van der Waals surface area contributed by atoms with Crippen LogP contribution < -0.4 is 0 Å². The first-order chi connectivity index (χ1) is 7.33. The molecule has 82 valence electrons. The first-order valence-electron chi connectivity index (χ1n) is 6.03. The number of fused-ring (bicyclic) bond motifs is 2. The van der Waals surface area contributed by atoms with Crippen molar-refractivity contribution < 1.29 is 5.11 Å². The summed E-state index contributed by atoms with van der Waals surface area (Å²) in [6.07, 6.45) is 6.49. The normalized spacial score (nSPS) is 35.9. The zero-order valence-corrected chi connectivity index (χ0v) is 9.75. The molecule has 1 aromatic heterocycles. The van der Waals surface area contributed by atoms with Gasteiger partial charge in [-0.1, -0.05) is 6.42 Å². The molecule has 0 radical (unpaired) electrons. The van der Waals surface area contributed by atoms with Crippen LogP contribution >= 0.6 is 11.3 Å². The third-order valence-electron chi connectivity index (χ3n) is 4.34. The molecule has 4 unspecified atom stereocenters. The van der Waals surface area contributed by atoms with Crippen LogP contribution in [0.1, 0.15) is 43.8 Å². The lowest BCUT2D eigenvalue weighted by Gasteiger charge is -2.23. The van der Waals surface area contributed by atoms with Gasteiger partial charge in [-0.3, -0.25) is 0 Å². The lowest BCUT2D eigenvalue weighted by Crippen LogP contribution is -2.13. The Hall–Kier alpha value is -0.340. The monoisotopic (exact) mass is 222 g/mol. The smallest absolute Gasteiger partial charge is 0.0800 e. The number of hydrogen-bond donors (Lipinski definition) is 1. The molecule has 0 aliphatic heterocycles. The van der Waals surface area contributed by atoms with Crippen molar-refractivity contribution >= 4 is 11.3 Å². The van der Waals surface area contributed by atoms with E-state index < -0.39 is 0 Å². The van der Waals surface area contributed by atoms with Gasteiger partial charge in [-0.05, 0) is 65.8 Å². The molecule has 0 amide bonds. The molecule has 2 bridgehead atoms. The molecule has 15 heavy (non-hydrogen) atoms. The van der Waals surface area contributed by atoms with Gasteiger partial charge in [-0.15, -0.1) is 0 Å². The predicted molar refractivity (Wildman–Crippen MR) is 62.8 cm³/mol. The van der Waals surface area contributed by atoms with Crippen LogP contribution in [0, 0.1) is 17.8 Å². The summed E-state index contributed by atoms with van der Waals surface area (Å²) in [6.45, 7) is 0. The van der Waals surface area contributed by atoms with Gasteiger partial charge in [0.15, 0.2) is 0 Å². The fraction of sp³-hybridized carbons (Fsp3) is 0.692. The zero-order chi connectivity index (χ0) is 10.3. The minimum Gasteiger partial charge on any atom is -0.388 e. The summed E-state index contributed by atoms with van der Waals surface area (Å²) in [6, 6.07) is 2.06. The highest BCUT2D eigenvalue weighted by atomic mass is 32.1. The van der Waals surface area contributed by atoms with Gasteiger partial charge in [-0.2, -0.15) is 11.3 Å². The first-order valence-corrected chi connectivity index (χ1v) is 6.97. The molecule has 1 nitrogen and oxygen atoms in total. The second-order valence-electron chi connectivity index (χ2n) is 5.24. The van der Waals surface area contributed by atoms with Gasteiger partial charge in [0, 0.05) is 0 Å². The molecule has 0 saturated heterocycles. The number of aliphatic hydroxyl groups is 1. The Bertz CT molecular complexity index is 319. The van der Waals surface area contributed by atoms with E-state index in [0.717, 1.165) is 29.7 Å². The minimum absolute atomic E-state index is 0.208. The van der Waals surface area contributed by atoms with Crippen LogP contribution in [0.15, 0.2) is 16.8 Å². The molecule has 2 fully saturated rings. The number of rotatable bonds is 3. The van der Waals surface area contributed by atoms with E-state index in [1.165, 1.54) is 25.7 Å². The highest BCUT2D eigenvalue weighted by molar-refractivity contribution is 7.07. The van der Waals surface area contributed by atoms with Crippen LogP contribution in [-0.2, 0) is 0 Å². The van der Waals surface area contributed by atoms with E-state index in [1.807, 2.05) is 0 Å². The van der Waals surface area contributed by atoms with Gasteiger partial charge in [0.1, 0.15) is 0 Å². The maximum absolute atomic E-state index is 10.1. The number of hydrogen-bond acceptors (Lipinski definition) is 2. The fourth-order valence-electron chi connectivity index (χ4n) is 3.55. The highest BCUT2D eigenvalue weighted by Gasteiger charge is 2.40. The molecule has 1 N–H and O–H groups in total. The maximum Gasteiger partial charge on any atom is 0.0800 e. The predicted octanol–water partition coefficient (Wildman–Crippen LogP) is 3.61. The standard InChI is InChI=1S/C13H18OS/c14-13(11-3-4-15-8-11)7-12-6-9-1-2-10(12)5-9/h3-4,8-10,12-14H,1-2,5-7H2. The average Bonchev–Trinajstić information content (AvgIpc) is 2.95. The van der Waals surface area contributed by atoms with Crippen molar-refractivity contribution in [3.8, 4) is 0 Å². The van der Waals surface area contributed by atoms with Crippen LogP contribution in [0.3, 0.4) is 0 Å². The molecule has 2 saturated carbocycles. The van der Waals surface area contributed by atoms with Crippen molar-refractivity contribution in [3.05, 3.63) is 22.4 Å². The van der Waals surface area contributed by atoms with Gasteiger partial charge < -0.3 is 5.11 Å². The van der Waals surface area contributed by atoms with Crippen LogP contribution in [0.25, 0.3) is 0 Å². The van der Waals surface area contributed by atoms with Crippen molar-refractivity contribution in [1.82, 2.24) is 0 Å². The Morgan fingerprint density at radius 1 is 1.40 bits per heavy atom. The molecule has 2 aliphatic rings. The van der Waals surface area contributed by atoms with E-state index >= 15 is 0 Å². The molecule has 0 aromatic carbocycles. The summed E-state index contributed by atoms with van der Waals surface area (Å²) in [5, 5.41) is 14.2. The lowest BCUT2D eigenvalue weighted by atomic mass is 9.84. The Kier molecular flexibility index (Phi) is 2.57. The van der Waals surface area contributed by atoms with E-state index in [1.54, 1.807) is 11.3 Å². The number of thiophene rings is 1. The maximum atomic E-state index is 10.1. The van der Waals surface area contributed by atoms with Crippen LogP contribution in [0.4, 0.5) is 0 Å². The molecule has 1 heterocycles. The van der Waals surface area contributed by atoms with Crippen LogP contribution in [0.2, 0.25) is 0 Å². The summed E-state index contributed by atoms with van der Waals surface area (Å²) in [4.78, 5) is 0. The van der Waals surface area contributed by atoms with Crippen LogP contribution in [0.5, 0.6) is 0 Å². The number of aliphatic hydroxyl groups excluding tert-OH is 1. The van der Waals surface area contributed by atoms with E-state index in [0.29, 0.717) is 0 Å². The fourth-order valence-corrected chi connectivity index (χ4v) is 4.26. The van der Waals surface area contributed by atoms with Crippen molar-refractivity contribution in [1.29, 1.82) is 0 Å². The molecule has 4 atom stereocenters. The topological polar surface area (TPSA) is 20.2 Å². The van der Waals surface area contributed by atoms with E-state index in [4.69, 9.17) is 0 Å². The minimum atomic E-state index is -0.208. The van der Waals surface area contributed by atoms with Crippen molar-refractivity contribution in [2.75, 3.05) is 0 Å². The largest absolute Gasteiger partial charge is 0.388 e. The van der Waals surface area contributed by atoms with E-state index in [-0.39, 0.29) is 6.10 Å².